The van der Waals surface area contributed by atoms with Gasteiger partial charge in [-0.2, -0.15) is 0 Å². The van der Waals surface area contributed by atoms with Crippen LogP contribution in [0.15, 0.2) is 18.2 Å². The molecule has 1 aromatic carbocycles. The Bertz CT molecular complexity index is 492. The molecule has 21 heavy (non-hydrogen) atoms. The van der Waals surface area contributed by atoms with Gasteiger partial charge in [0.05, 0.1) is 19.3 Å². The predicted octanol–water partition coefficient (Wildman–Crippen LogP) is 2.92. The fourth-order valence-electron chi connectivity index (χ4n) is 3.23. The maximum absolute atomic E-state index is 12.3. The fourth-order valence-corrected chi connectivity index (χ4v) is 3.23. The van der Waals surface area contributed by atoms with E-state index in [0.29, 0.717) is 24.1 Å². The third-order valence-corrected chi connectivity index (χ3v) is 3.94. The number of nitrogens with zero attached hydrogens (tertiary/aromatic N) is 1. The molecular formula is C17H26N2O2. The molecule has 116 valence electrons. The molecule has 0 bridgehead atoms. The Hall–Kier alpha value is -1.55. The number of amides is 1. The Morgan fingerprint density at radius 2 is 2.00 bits per heavy atom. The van der Waals surface area contributed by atoms with Gasteiger partial charge in [0.15, 0.2) is 0 Å². The van der Waals surface area contributed by atoms with Crippen LogP contribution in [-0.4, -0.2) is 37.6 Å². The van der Waals surface area contributed by atoms with Crippen molar-refractivity contribution in [2.45, 2.75) is 27.2 Å². The summed E-state index contributed by atoms with van der Waals surface area (Å²) in [7, 11) is 1.62. The number of benzene rings is 1. The minimum absolute atomic E-state index is 0.0280. The van der Waals surface area contributed by atoms with Gasteiger partial charge in [-0.1, -0.05) is 19.9 Å². The number of piperidine rings is 1. The van der Waals surface area contributed by atoms with E-state index in [-0.39, 0.29) is 5.91 Å². The van der Waals surface area contributed by atoms with Crippen molar-refractivity contribution in [1.82, 2.24) is 4.90 Å². The average Bonchev–Trinajstić information content (AvgIpc) is 2.37. The first-order chi connectivity index (χ1) is 9.97. The van der Waals surface area contributed by atoms with E-state index in [9.17, 15) is 4.79 Å². The molecule has 0 saturated carbocycles. The van der Waals surface area contributed by atoms with Gasteiger partial charge >= 0.3 is 0 Å². The number of hydrogen-bond donors (Lipinski definition) is 1. The highest BCUT2D eigenvalue weighted by Gasteiger charge is 2.23. The Kier molecular flexibility index (Phi) is 5.23. The molecule has 0 aliphatic carbocycles. The molecule has 4 heteroatoms. The Balaban J connectivity index is 1.97. The van der Waals surface area contributed by atoms with E-state index in [1.54, 1.807) is 7.11 Å². The summed E-state index contributed by atoms with van der Waals surface area (Å²) < 4.78 is 5.30. The first kappa shape index (κ1) is 15.8. The molecule has 1 fully saturated rings. The molecule has 1 aliphatic heterocycles. The number of carbonyl (C=O) groups excluding carboxylic acids is 1. The van der Waals surface area contributed by atoms with Crippen LogP contribution < -0.4 is 10.1 Å². The lowest BCUT2D eigenvalue weighted by molar-refractivity contribution is -0.117. The van der Waals surface area contributed by atoms with Crippen LogP contribution in [0.25, 0.3) is 0 Å². The van der Waals surface area contributed by atoms with Crippen LogP contribution in [0.5, 0.6) is 5.75 Å². The highest BCUT2D eigenvalue weighted by molar-refractivity contribution is 5.93. The molecule has 1 amide bonds. The van der Waals surface area contributed by atoms with Crippen LogP contribution in [0.4, 0.5) is 5.69 Å². The van der Waals surface area contributed by atoms with E-state index in [4.69, 9.17) is 4.74 Å². The van der Waals surface area contributed by atoms with Crippen molar-refractivity contribution in [3.63, 3.8) is 0 Å². The van der Waals surface area contributed by atoms with Crippen molar-refractivity contribution in [3.8, 4) is 5.75 Å². The molecule has 1 aromatic rings. The monoisotopic (exact) mass is 290 g/mol. The number of hydrogen-bond acceptors (Lipinski definition) is 3. The van der Waals surface area contributed by atoms with Crippen molar-refractivity contribution in [2.75, 3.05) is 32.1 Å². The number of likely N-dealkylation sites (tertiary alicyclic amines) is 1. The van der Waals surface area contributed by atoms with Gasteiger partial charge in [-0.15, -0.1) is 0 Å². The summed E-state index contributed by atoms with van der Waals surface area (Å²) in [5, 5.41) is 2.97. The minimum Gasteiger partial charge on any atom is -0.495 e. The second kappa shape index (κ2) is 6.94. The van der Waals surface area contributed by atoms with Crippen LogP contribution in [0.3, 0.4) is 0 Å². The molecule has 1 saturated heterocycles. The number of carbonyl (C=O) groups is 1. The zero-order valence-electron chi connectivity index (χ0n) is 13.5. The highest BCUT2D eigenvalue weighted by Crippen LogP contribution is 2.25. The molecule has 1 N–H and O–H groups in total. The zero-order chi connectivity index (χ0) is 15.4. The Labute approximate surface area is 127 Å². The van der Waals surface area contributed by atoms with Crippen molar-refractivity contribution < 1.29 is 9.53 Å². The van der Waals surface area contributed by atoms with Crippen LogP contribution >= 0.6 is 0 Å². The van der Waals surface area contributed by atoms with Gasteiger partial charge in [-0.05, 0) is 42.9 Å². The predicted molar refractivity (Wildman–Crippen MR) is 85.7 cm³/mol. The van der Waals surface area contributed by atoms with Gasteiger partial charge < -0.3 is 10.1 Å². The summed E-state index contributed by atoms with van der Waals surface area (Å²) in [6.45, 7) is 8.97. The summed E-state index contributed by atoms with van der Waals surface area (Å²) >= 11 is 0. The Morgan fingerprint density at radius 1 is 1.33 bits per heavy atom. The topological polar surface area (TPSA) is 41.6 Å². The number of ether oxygens (including phenoxy) is 1. The molecule has 0 radical (unpaired) electrons. The minimum atomic E-state index is 0.0280. The highest BCUT2D eigenvalue weighted by atomic mass is 16.5. The second-order valence-electron chi connectivity index (χ2n) is 6.39. The number of methoxy groups -OCH3 is 1. The largest absolute Gasteiger partial charge is 0.495 e. The molecule has 4 nitrogen and oxygen atoms in total. The quantitative estimate of drug-likeness (QED) is 0.927. The normalized spacial score (nSPS) is 22.9. The Morgan fingerprint density at radius 3 is 2.62 bits per heavy atom. The molecule has 1 heterocycles. The van der Waals surface area contributed by atoms with Crippen molar-refractivity contribution >= 4 is 11.6 Å². The lowest BCUT2D eigenvalue weighted by Crippen LogP contribution is -2.42. The standard InChI is InChI=1S/C17H26N2O2/c1-12-5-6-16(21-4)15(8-12)18-17(20)11-19-9-13(2)7-14(3)10-19/h5-6,8,13-14H,7,9-11H2,1-4H3,(H,18,20). The van der Waals surface area contributed by atoms with Crippen LogP contribution in [0.1, 0.15) is 25.8 Å². The first-order valence-corrected chi connectivity index (χ1v) is 7.64. The summed E-state index contributed by atoms with van der Waals surface area (Å²) in [4.78, 5) is 14.5. The molecule has 0 spiro atoms. The smallest absolute Gasteiger partial charge is 0.238 e. The summed E-state index contributed by atoms with van der Waals surface area (Å²) in [5.74, 6) is 2.06. The zero-order valence-corrected chi connectivity index (χ0v) is 13.5. The lowest BCUT2D eigenvalue weighted by Gasteiger charge is -2.34. The van der Waals surface area contributed by atoms with Crippen molar-refractivity contribution in [3.05, 3.63) is 23.8 Å². The average molecular weight is 290 g/mol. The van der Waals surface area contributed by atoms with E-state index in [2.05, 4.69) is 24.1 Å². The van der Waals surface area contributed by atoms with E-state index in [1.165, 1.54) is 6.42 Å². The number of aryl methyl sites for hydroxylation is 1. The number of nitrogens with one attached hydrogen (secondary N) is 1. The van der Waals surface area contributed by atoms with Gasteiger partial charge in [0, 0.05) is 13.1 Å². The molecular weight excluding hydrogens is 264 g/mol. The maximum Gasteiger partial charge on any atom is 0.238 e. The third-order valence-electron chi connectivity index (χ3n) is 3.94. The molecule has 0 aromatic heterocycles. The van der Waals surface area contributed by atoms with Crippen molar-refractivity contribution in [1.29, 1.82) is 0 Å². The van der Waals surface area contributed by atoms with Gasteiger partial charge in [-0.3, -0.25) is 9.69 Å². The van der Waals surface area contributed by atoms with Crippen LogP contribution in [-0.2, 0) is 4.79 Å². The summed E-state index contributed by atoms with van der Waals surface area (Å²) in [6.07, 6.45) is 1.25. The number of rotatable bonds is 4. The third kappa shape index (κ3) is 4.46. The van der Waals surface area contributed by atoms with E-state index in [0.717, 1.165) is 24.3 Å². The SMILES string of the molecule is COc1ccc(C)cc1NC(=O)CN1CC(C)CC(C)C1. The number of anilines is 1. The van der Waals surface area contributed by atoms with E-state index >= 15 is 0 Å². The van der Waals surface area contributed by atoms with Crippen LogP contribution in [0, 0.1) is 18.8 Å². The molecule has 2 atom stereocenters. The van der Waals surface area contributed by atoms with Gasteiger partial charge in [0.1, 0.15) is 5.75 Å². The first-order valence-electron chi connectivity index (χ1n) is 7.64. The van der Waals surface area contributed by atoms with Crippen LogP contribution in [0.2, 0.25) is 0 Å². The van der Waals surface area contributed by atoms with Gasteiger partial charge in [0.2, 0.25) is 5.91 Å². The van der Waals surface area contributed by atoms with E-state index < -0.39 is 0 Å². The van der Waals surface area contributed by atoms with Crippen molar-refractivity contribution in [2.24, 2.45) is 11.8 Å². The van der Waals surface area contributed by atoms with Gasteiger partial charge in [-0.25, -0.2) is 0 Å². The second-order valence-corrected chi connectivity index (χ2v) is 6.39. The fraction of sp³-hybridized carbons (Fsp3) is 0.588. The summed E-state index contributed by atoms with van der Waals surface area (Å²) in [5.41, 5.74) is 1.85. The lowest BCUT2D eigenvalue weighted by atomic mass is 9.92. The molecule has 1 aliphatic rings. The summed E-state index contributed by atoms with van der Waals surface area (Å²) in [6, 6.07) is 5.80. The van der Waals surface area contributed by atoms with Gasteiger partial charge in [0.25, 0.3) is 0 Å². The maximum atomic E-state index is 12.3. The molecule has 2 unspecified atom stereocenters. The molecule has 2 rings (SSSR count). The van der Waals surface area contributed by atoms with E-state index in [1.807, 2.05) is 25.1 Å².